The van der Waals surface area contributed by atoms with Crippen molar-refractivity contribution in [2.24, 2.45) is 11.1 Å². The van der Waals surface area contributed by atoms with E-state index >= 15 is 0 Å². The van der Waals surface area contributed by atoms with Crippen molar-refractivity contribution in [1.82, 2.24) is 0 Å². The van der Waals surface area contributed by atoms with Crippen molar-refractivity contribution in [2.45, 2.75) is 40.0 Å². The van der Waals surface area contributed by atoms with Crippen LogP contribution < -0.4 is 0 Å². The molecule has 0 spiro atoms. The molecule has 94 valence electrons. The van der Waals surface area contributed by atoms with Crippen LogP contribution in [0.15, 0.2) is 5.16 Å². The number of rotatable bonds is 10. The van der Waals surface area contributed by atoms with Crippen LogP contribution in [0.2, 0.25) is 0 Å². The van der Waals surface area contributed by atoms with Crippen LogP contribution in [0.4, 0.5) is 0 Å². The summed E-state index contributed by atoms with van der Waals surface area (Å²) in [6.45, 7) is 7.92. The van der Waals surface area contributed by atoms with Gasteiger partial charge in [-0.25, -0.2) is 0 Å². The predicted molar refractivity (Wildman–Crippen MR) is 64.6 cm³/mol. The number of oxime groups is 1. The molecule has 0 aromatic rings. The molecule has 0 bridgehead atoms. The van der Waals surface area contributed by atoms with Crippen LogP contribution in [0.25, 0.3) is 0 Å². The molecule has 0 saturated heterocycles. The van der Waals surface area contributed by atoms with E-state index in [0.29, 0.717) is 12.5 Å². The zero-order valence-electron chi connectivity index (χ0n) is 10.6. The second kappa shape index (κ2) is 10.6. The van der Waals surface area contributed by atoms with Crippen molar-refractivity contribution >= 4 is 12.0 Å². The zero-order valence-corrected chi connectivity index (χ0v) is 10.6. The molecule has 0 rings (SSSR count). The van der Waals surface area contributed by atoms with Gasteiger partial charge in [0.05, 0.1) is 0 Å². The van der Waals surface area contributed by atoms with Crippen molar-refractivity contribution in [2.75, 3.05) is 19.8 Å². The Labute approximate surface area is 98.0 Å². The Hall–Kier alpha value is -0.900. The summed E-state index contributed by atoms with van der Waals surface area (Å²) in [5.74, 6) is 0.535. The summed E-state index contributed by atoms with van der Waals surface area (Å²) in [5, 5.41) is 3.51. The first-order chi connectivity index (χ1) is 7.66. The molecule has 0 N–H and O–H groups in total. The summed E-state index contributed by atoms with van der Waals surface area (Å²) in [7, 11) is 0. The van der Waals surface area contributed by atoms with Gasteiger partial charge in [0.25, 0.3) is 0 Å². The molecule has 0 heterocycles. The molecule has 0 aliphatic rings. The van der Waals surface area contributed by atoms with E-state index in [0.717, 1.165) is 32.5 Å². The molecule has 0 aliphatic carbocycles. The number of unbranched alkanes of at least 4 members (excludes halogenated alkanes) is 1. The summed E-state index contributed by atoms with van der Waals surface area (Å²) in [4.78, 5) is 15.3. The van der Waals surface area contributed by atoms with Gasteiger partial charge in [0, 0.05) is 20.1 Å². The van der Waals surface area contributed by atoms with Gasteiger partial charge in [0.1, 0.15) is 12.8 Å². The normalized spacial score (nSPS) is 12.9. The summed E-state index contributed by atoms with van der Waals surface area (Å²) in [5.41, 5.74) is 0. The van der Waals surface area contributed by atoms with Gasteiger partial charge in [0.2, 0.25) is 0 Å². The Morgan fingerprint density at radius 2 is 2.06 bits per heavy atom. The molecule has 1 atom stereocenters. The smallest absolute Gasteiger partial charge is 0.174 e. The van der Waals surface area contributed by atoms with Crippen LogP contribution in [-0.4, -0.2) is 31.8 Å². The van der Waals surface area contributed by atoms with Crippen LogP contribution in [0.3, 0.4) is 0 Å². The van der Waals surface area contributed by atoms with E-state index < -0.39 is 0 Å². The van der Waals surface area contributed by atoms with E-state index in [2.05, 4.69) is 19.0 Å². The second-order valence-corrected chi connectivity index (χ2v) is 3.97. The molecule has 0 aliphatic heterocycles. The van der Waals surface area contributed by atoms with Gasteiger partial charge < -0.3 is 9.57 Å². The van der Waals surface area contributed by atoms with E-state index in [1.54, 1.807) is 0 Å². The summed E-state index contributed by atoms with van der Waals surface area (Å²) < 4.78 is 5.48. The monoisotopic (exact) mass is 229 g/mol. The molecule has 1 unspecified atom stereocenters. The molecule has 4 nitrogen and oxygen atoms in total. The average molecular weight is 229 g/mol. The Bertz CT molecular complexity index is 204. The topological polar surface area (TPSA) is 47.9 Å². The van der Waals surface area contributed by atoms with Crippen molar-refractivity contribution in [1.29, 1.82) is 0 Å². The third-order valence-electron chi connectivity index (χ3n) is 2.18. The standard InChI is InChI=1S/C12H23NO3/c1-4-11(2)10-15-7-5-6-8-16-13-9-12(3)14/h9,11H,4-8,10H2,1-3H3/b13-9+. The first-order valence-corrected chi connectivity index (χ1v) is 5.90. The second-order valence-electron chi connectivity index (χ2n) is 3.97. The lowest BCUT2D eigenvalue weighted by Gasteiger charge is -2.08. The average Bonchev–Trinajstić information content (AvgIpc) is 2.26. The van der Waals surface area contributed by atoms with Crippen molar-refractivity contribution < 1.29 is 14.4 Å². The summed E-state index contributed by atoms with van der Waals surface area (Å²) in [6, 6.07) is 0. The number of nitrogens with zero attached hydrogens (tertiary/aromatic N) is 1. The maximum Gasteiger partial charge on any atom is 0.174 e. The third kappa shape index (κ3) is 11.2. The first kappa shape index (κ1) is 15.1. The highest BCUT2D eigenvalue weighted by Crippen LogP contribution is 2.01. The fraction of sp³-hybridized carbons (Fsp3) is 0.833. The van der Waals surface area contributed by atoms with Crippen LogP contribution in [0, 0.1) is 5.92 Å². The Kier molecular flexibility index (Phi) is 10.0. The Balaban J connectivity index is 3.13. The van der Waals surface area contributed by atoms with Gasteiger partial charge in [-0.2, -0.15) is 0 Å². The molecule has 16 heavy (non-hydrogen) atoms. The number of ether oxygens (including phenoxy) is 1. The van der Waals surface area contributed by atoms with Gasteiger partial charge in [0.15, 0.2) is 5.78 Å². The SMILES string of the molecule is CCC(C)COCCCCO/N=C/C(C)=O. The van der Waals surface area contributed by atoms with Gasteiger partial charge in [-0.15, -0.1) is 0 Å². The van der Waals surface area contributed by atoms with Crippen LogP contribution in [0.5, 0.6) is 0 Å². The quantitative estimate of drug-likeness (QED) is 0.328. The van der Waals surface area contributed by atoms with E-state index in [-0.39, 0.29) is 5.78 Å². The van der Waals surface area contributed by atoms with Gasteiger partial charge in [-0.1, -0.05) is 25.4 Å². The van der Waals surface area contributed by atoms with E-state index in [1.807, 2.05) is 0 Å². The minimum Gasteiger partial charge on any atom is -0.396 e. The molecule has 0 radical (unpaired) electrons. The fourth-order valence-electron chi connectivity index (χ4n) is 0.937. The zero-order chi connectivity index (χ0) is 12.2. The van der Waals surface area contributed by atoms with Gasteiger partial charge in [-0.05, 0) is 18.8 Å². The largest absolute Gasteiger partial charge is 0.396 e. The molecule has 0 amide bonds. The minimum absolute atomic E-state index is 0.100. The molecular weight excluding hydrogens is 206 g/mol. The maximum absolute atomic E-state index is 10.5. The molecule has 0 fully saturated rings. The van der Waals surface area contributed by atoms with Crippen LogP contribution in [0.1, 0.15) is 40.0 Å². The lowest BCUT2D eigenvalue weighted by Crippen LogP contribution is -2.06. The number of hydrogen-bond acceptors (Lipinski definition) is 4. The Morgan fingerprint density at radius 1 is 1.38 bits per heavy atom. The van der Waals surface area contributed by atoms with Crippen molar-refractivity contribution in [3.63, 3.8) is 0 Å². The van der Waals surface area contributed by atoms with Crippen molar-refractivity contribution in [3.05, 3.63) is 0 Å². The van der Waals surface area contributed by atoms with Gasteiger partial charge >= 0.3 is 0 Å². The van der Waals surface area contributed by atoms with E-state index in [4.69, 9.17) is 9.57 Å². The first-order valence-electron chi connectivity index (χ1n) is 5.90. The van der Waals surface area contributed by atoms with Crippen LogP contribution >= 0.6 is 0 Å². The predicted octanol–water partition coefficient (Wildman–Crippen LogP) is 2.42. The highest BCUT2D eigenvalue weighted by atomic mass is 16.6. The number of carbonyl (C=O) groups is 1. The van der Waals surface area contributed by atoms with E-state index in [9.17, 15) is 4.79 Å². The number of Topliss-reactive ketones (excluding diaryl/α,β-unsaturated/α-hetero) is 1. The lowest BCUT2D eigenvalue weighted by atomic mass is 10.1. The minimum atomic E-state index is -0.100. The highest BCUT2D eigenvalue weighted by Gasteiger charge is 1.97. The van der Waals surface area contributed by atoms with E-state index in [1.165, 1.54) is 13.1 Å². The molecule has 0 aromatic heterocycles. The van der Waals surface area contributed by atoms with Crippen LogP contribution in [-0.2, 0) is 14.4 Å². The third-order valence-corrected chi connectivity index (χ3v) is 2.18. The summed E-state index contributed by atoms with van der Waals surface area (Å²) in [6.07, 6.45) is 4.20. The molecule has 0 aromatic carbocycles. The number of carbonyl (C=O) groups excluding carboxylic acids is 1. The number of ketones is 1. The molecule has 0 saturated carbocycles. The maximum atomic E-state index is 10.5. The van der Waals surface area contributed by atoms with Crippen molar-refractivity contribution in [3.8, 4) is 0 Å². The highest BCUT2D eigenvalue weighted by molar-refractivity contribution is 6.26. The molecule has 4 heteroatoms. The number of hydrogen-bond donors (Lipinski definition) is 0. The fourth-order valence-corrected chi connectivity index (χ4v) is 0.937. The lowest BCUT2D eigenvalue weighted by molar-refractivity contribution is -0.110. The molecular formula is C12H23NO3. The summed E-state index contributed by atoms with van der Waals surface area (Å²) >= 11 is 0. The van der Waals surface area contributed by atoms with Gasteiger partial charge in [-0.3, -0.25) is 4.79 Å². The Morgan fingerprint density at radius 3 is 2.69 bits per heavy atom.